The average Bonchev–Trinajstić information content (AvgIpc) is 3.26. The van der Waals surface area contributed by atoms with E-state index in [4.69, 9.17) is 24.2 Å². The van der Waals surface area contributed by atoms with Gasteiger partial charge in [-0.3, -0.25) is 4.57 Å². The molecule has 0 aliphatic carbocycles. The largest absolute Gasteiger partial charge is 0.493 e. The lowest BCUT2D eigenvalue weighted by molar-refractivity contribution is 0.327. The van der Waals surface area contributed by atoms with Gasteiger partial charge in [-0.25, -0.2) is 15.0 Å². The SMILES string of the molecule is COc1cc2c(-n3ccnc3)nc(-c3ccc(Br)cc3)nc2c(OC)c1OC. The van der Waals surface area contributed by atoms with E-state index in [1.54, 1.807) is 33.9 Å². The first kappa shape index (κ1) is 18.2. The number of nitrogens with zero attached hydrogens (tertiary/aromatic N) is 4. The van der Waals surface area contributed by atoms with Crippen LogP contribution in [0.4, 0.5) is 0 Å². The summed E-state index contributed by atoms with van der Waals surface area (Å²) in [6.07, 6.45) is 5.22. The third kappa shape index (κ3) is 3.05. The molecule has 0 aliphatic rings. The summed E-state index contributed by atoms with van der Waals surface area (Å²) in [6.45, 7) is 0. The van der Waals surface area contributed by atoms with Gasteiger partial charge in [-0.15, -0.1) is 0 Å². The molecule has 0 bridgehead atoms. The van der Waals surface area contributed by atoms with E-state index < -0.39 is 0 Å². The van der Waals surface area contributed by atoms with Gasteiger partial charge in [0.1, 0.15) is 17.7 Å². The van der Waals surface area contributed by atoms with Crippen LogP contribution in [0.3, 0.4) is 0 Å². The number of hydrogen-bond donors (Lipinski definition) is 0. The van der Waals surface area contributed by atoms with Crippen molar-refractivity contribution in [3.63, 3.8) is 0 Å². The normalized spacial score (nSPS) is 10.9. The zero-order valence-electron chi connectivity index (χ0n) is 15.5. The first-order valence-electron chi connectivity index (χ1n) is 8.41. The maximum atomic E-state index is 5.65. The molecule has 4 aromatic rings. The molecule has 2 heterocycles. The van der Waals surface area contributed by atoms with Crippen LogP contribution in [0.1, 0.15) is 0 Å². The minimum atomic E-state index is 0.481. The summed E-state index contributed by atoms with van der Waals surface area (Å²) in [7, 11) is 4.73. The number of rotatable bonds is 5. The number of benzene rings is 2. The molecule has 4 rings (SSSR count). The molecule has 2 aromatic heterocycles. The Morgan fingerprint density at radius 3 is 2.29 bits per heavy atom. The molecule has 0 saturated carbocycles. The van der Waals surface area contributed by atoms with Crippen molar-refractivity contribution in [2.24, 2.45) is 0 Å². The molecule has 0 saturated heterocycles. The molecule has 0 amide bonds. The van der Waals surface area contributed by atoms with Gasteiger partial charge >= 0.3 is 0 Å². The molecular formula is C20H17BrN4O3. The maximum Gasteiger partial charge on any atom is 0.205 e. The number of halogens is 1. The van der Waals surface area contributed by atoms with Gasteiger partial charge in [0.05, 0.1) is 26.7 Å². The molecule has 0 fully saturated rings. The first-order chi connectivity index (χ1) is 13.7. The van der Waals surface area contributed by atoms with Crippen LogP contribution in [0, 0.1) is 0 Å². The van der Waals surface area contributed by atoms with Gasteiger partial charge in [-0.2, -0.15) is 0 Å². The Balaban J connectivity index is 2.10. The van der Waals surface area contributed by atoms with E-state index in [-0.39, 0.29) is 0 Å². The predicted octanol–water partition coefficient (Wildman–Crippen LogP) is 4.27. The van der Waals surface area contributed by atoms with E-state index in [1.165, 1.54) is 0 Å². The number of aromatic nitrogens is 4. The second kappa shape index (κ2) is 7.47. The summed E-state index contributed by atoms with van der Waals surface area (Å²) < 4.78 is 19.5. The average molecular weight is 441 g/mol. The Kier molecular flexibility index (Phi) is 4.87. The van der Waals surface area contributed by atoms with Gasteiger partial charge < -0.3 is 14.2 Å². The Bertz CT molecular complexity index is 1130. The lowest BCUT2D eigenvalue weighted by Gasteiger charge is -2.17. The van der Waals surface area contributed by atoms with Gasteiger partial charge in [0.2, 0.25) is 5.75 Å². The van der Waals surface area contributed by atoms with Crippen molar-refractivity contribution in [3.8, 4) is 34.5 Å². The summed E-state index contributed by atoms with van der Waals surface area (Å²) in [6, 6.07) is 9.65. The molecule has 0 radical (unpaired) electrons. The molecule has 0 spiro atoms. The highest BCUT2D eigenvalue weighted by atomic mass is 79.9. The minimum Gasteiger partial charge on any atom is -0.493 e. The Morgan fingerprint density at radius 2 is 1.68 bits per heavy atom. The van der Waals surface area contributed by atoms with Crippen molar-refractivity contribution in [2.75, 3.05) is 21.3 Å². The van der Waals surface area contributed by atoms with Crippen molar-refractivity contribution >= 4 is 26.8 Å². The molecule has 7 nitrogen and oxygen atoms in total. The lowest BCUT2D eigenvalue weighted by atomic mass is 10.1. The fraction of sp³-hybridized carbons (Fsp3) is 0.150. The van der Waals surface area contributed by atoms with Crippen LogP contribution in [0.15, 0.2) is 53.5 Å². The number of ether oxygens (including phenoxy) is 3. The van der Waals surface area contributed by atoms with Crippen LogP contribution in [0.25, 0.3) is 28.1 Å². The smallest absolute Gasteiger partial charge is 0.205 e. The van der Waals surface area contributed by atoms with Crippen molar-refractivity contribution in [3.05, 3.63) is 53.5 Å². The summed E-state index contributed by atoms with van der Waals surface area (Å²) >= 11 is 3.46. The predicted molar refractivity (Wildman–Crippen MR) is 109 cm³/mol. The highest BCUT2D eigenvalue weighted by molar-refractivity contribution is 9.10. The third-order valence-corrected chi connectivity index (χ3v) is 4.85. The van der Waals surface area contributed by atoms with E-state index in [2.05, 4.69) is 20.9 Å². The van der Waals surface area contributed by atoms with E-state index in [9.17, 15) is 0 Å². The van der Waals surface area contributed by atoms with Crippen molar-refractivity contribution in [1.82, 2.24) is 19.5 Å². The number of fused-ring (bicyclic) bond motifs is 1. The fourth-order valence-corrected chi connectivity index (χ4v) is 3.29. The summed E-state index contributed by atoms with van der Waals surface area (Å²) in [5.41, 5.74) is 1.50. The highest BCUT2D eigenvalue weighted by Crippen LogP contribution is 2.44. The van der Waals surface area contributed by atoms with E-state index >= 15 is 0 Å². The Labute approximate surface area is 170 Å². The first-order valence-corrected chi connectivity index (χ1v) is 9.20. The molecule has 142 valence electrons. The minimum absolute atomic E-state index is 0.481. The van der Waals surface area contributed by atoms with E-state index in [1.807, 2.05) is 41.1 Å². The number of imidazole rings is 1. The summed E-state index contributed by atoms with van der Waals surface area (Å²) in [5, 5.41) is 0.758. The van der Waals surface area contributed by atoms with E-state index in [0.717, 1.165) is 15.4 Å². The summed E-state index contributed by atoms with van der Waals surface area (Å²) in [4.78, 5) is 13.7. The molecule has 8 heteroatoms. The topological polar surface area (TPSA) is 71.3 Å². The maximum absolute atomic E-state index is 5.65. The summed E-state index contributed by atoms with van der Waals surface area (Å²) in [5.74, 6) is 2.73. The van der Waals surface area contributed by atoms with E-state index in [0.29, 0.717) is 34.4 Å². The number of hydrogen-bond acceptors (Lipinski definition) is 6. The van der Waals surface area contributed by atoms with Crippen LogP contribution in [-0.4, -0.2) is 40.8 Å². The quantitative estimate of drug-likeness (QED) is 0.461. The van der Waals surface area contributed by atoms with Crippen molar-refractivity contribution < 1.29 is 14.2 Å². The zero-order valence-corrected chi connectivity index (χ0v) is 17.1. The number of methoxy groups -OCH3 is 3. The molecule has 0 aliphatic heterocycles. The Hall–Kier alpha value is -3.13. The second-order valence-electron chi connectivity index (χ2n) is 5.89. The second-order valence-corrected chi connectivity index (χ2v) is 6.80. The van der Waals surface area contributed by atoms with Gasteiger partial charge in [0.15, 0.2) is 17.3 Å². The monoisotopic (exact) mass is 440 g/mol. The molecule has 0 atom stereocenters. The highest BCUT2D eigenvalue weighted by Gasteiger charge is 2.21. The fourth-order valence-electron chi connectivity index (χ4n) is 3.02. The molecule has 28 heavy (non-hydrogen) atoms. The molecule has 0 N–H and O–H groups in total. The van der Waals surface area contributed by atoms with Crippen molar-refractivity contribution in [1.29, 1.82) is 0 Å². The zero-order chi connectivity index (χ0) is 19.7. The van der Waals surface area contributed by atoms with Crippen LogP contribution in [0.5, 0.6) is 17.2 Å². The van der Waals surface area contributed by atoms with Gasteiger partial charge in [0.25, 0.3) is 0 Å². The van der Waals surface area contributed by atoms with Crippen LogP contribution in [-0.2, 0) is 0 Å². The molecular weight excluding hydrogens is 424 g/mol. The van der Waals surface area contributed by atoms with Crippen molar-refractivity contribution in [2.45, 2.75) is 0 Å². The van der Waals surface area contributed by atoms with Gasteiger partial charge in [0, 0.05) is 22.4 Å². The Morgan fingerprint density at radius 1 is 0.929 bits per heavy atom. The molecule has 2 aromatic carbocycles. The third-order valence-electron chi connectivity index (χ3n) is 4.33. The molecule has 0 unspecified atom stereocenters. The standard InChI is InChI=1S/C20H17BrN4O3/c1-26-15-10-14-16(18(28-3)17(15)27-2)23-19(12-4-6-13(21)7-5-12)24-20(14)25-9-8-22-11-25/h4-11H,1-3H3. The lowest BCUT2D eigenvalue weighted by Crippen LogP contribution is -2.04. The van der Waals surface area contributed by atoms with Crippen LogP contribution in [0.2, 0.25) is 0 Å². The van der Waals surface area contributed by atoms with Crippen LogP contribution < -0.4 is 14.2 Å². The van der Waals surface area contributed by atoms with Gasteiger partial charge in [-0.05, 0) is 18.2 Å². The van der Waals surface area contributed by atoms with Gasteiger partial charge in [-0.1, -0.05) is 28.1 Å². The van der Waals surface area contributed by atoms with Crippen LogP contribution >= 0.6 is 15.9 Å².